The average Bonchev–Trinajstić information content (AvgIpc) is 2.19. The van der Waals surface area contributed by atoms with Crippen LogP contribution >= 0.6 is 23.5 Å². The van der Waals surface area contributed by atoms with Gasteiger partial charge in [-0.15, -0.1) is 11.6 Å². The van der Waals surface area contributed by atoms with Crippen molar-refractivity contribution in [3.05, 3.63) is 24.4 Å². The minimum atomic E-state index is 0.306. The number of hydrogen-bond donors (Lipinski definition) is 0. The van der Waals surface area contributed by atoms with Gasteiger partial charge in [-0.1, -0.05) is 6.07 Å². The highest BCUT2D eigenvalue weighted by Gasteiger charge is 2.18. The summed E-state index contributed by atoms with van der Waals surface area (Å²) in [5.74, 6) is 0. The van der Waals surface area contributed by atoms with Crippen molar-refractivity contribution in [2.45, 2.75) is 23.2 Å². The lowest BCUT2D eigenvalue weighted by Crippen LogP contribution is -2.30. The van der Waals surface area contributed by atoms with E-state index in [-0.39, 0.29) is 0 Å². The van der Waals surface area contributed by atoms with Crippen molar-refractivity contribution in [2.75, 3.05) is 13.1 Å². The van der Waals surface area contributed by atoms with E-state index in [0.29, 0.717) is 5.38 Å². The first-order chi connectivity index (χ1) is 6.84. The van der Waals surface area contributed by atoms with Crippen molar-refractivity contribution in [1.29, 1.82) is 0 Å². The molecule has 1 saturated heterocycles. The lowest BCUT2D eigenvalue weighted by atomic mass is 10.2. The molecule has 1 aromatic rings. The molecular weight excluding hydrogens is 216 g/mol. The Kier molecular flexibility index (Phi) is 3.67. The quantitative estimate of drug-likeness (QED) is 0.572. The summed E-state index contributed by atoms with van der Waals surface area (Å²) in [5.41, 5.74) is 0. The van der Waals surface area contributed by atoms with Crippen LogP contribution in [-0.2, 0) is 0 Å². The maximum absolute atomic E-state index is 6.10. The number of hydrogen-bond acceptors (Lipinski definition) is 3. The molecule has 0 N–H and O–H groups in total. The molecule has 4 heteroatoms. The van der Waals surface area contributed by atoms with Gasteiger partial charge in [0.15, 0.2) is 0 Å². The zero-order chi connectivity index (χ0) is 9.80. The van der Waals surface area contributed by atoms with E-state index in [1.807, 2.05) is 24.4 Å². The van der Waals surface area contributed by atoms with Crippen LogP contribution < -0.4 is 0 Å². The summed E-state index contributed by atoms with van der Waals surface area (Å²) in [6.45, 7) is 2.08. The molecule has 0 aliphatic carbocycles. The zero-order valence-electron chi connectivity index (χ0n) is 7.90. The Morgan fingerprint density at radius 2 is 2.43 bits per heavy atom. The van der Waals surface area contributed by atoms with Gasteiger partial charge in [0.2, 0.25) is 0 Å². The van der Waals surface area contributed by atoms with Gasteiger partial charge in [0.05, 0.1) is 0 Å². The number of rotatable bonds is 2. The van der Waals surface area contributed by atoms with E-state index in [9.17, 15) is 0 Å². The number of alkyl halides is 1. The fraction of sp³-hybridized carbons (Fsp3) is 0.500. The van der Waals surface area contributed by atoms with Crippen LogP contribution in [0, 0.1) is 0 Å². The third-order valence-corrected chi connectivity index (χ3v) is 3.56. The summed E-state index contributed by atoms with van der Waals surface area (Å²) < 4.78 is 2.30. The molecule has 1 aromatic heterocycles. The summed E-state index contributed by atoms with van der Waals surface area (Å²) in [7, 11) is 0. The number of nitrogens with zero attached hydrogens (tertiary/aromatic N) is 2. The molecule has 0 aromatic carbocycles. The zero-order valence-corrected chi connectivity index (χ0v) is 9.47. The second-order valence-corrected chi connectivity index (χ2v) is 5.12. The molecule has 0 spiro atoms. The number of pyridine rings is 1. The molecule has 76 valence electrons. The highest BCUT2D eigenvalue weighted by atomic mass is 35.5. The van der Waals surface area contributed by atoms with Crippen LogP contribution in [0.1, 0.15) is 12.8 Å². The van der Waals surface area contributed by atoms with Crippen LogP contribution in [0.4, 0.5) is 0 Å². The average molecular weight is 229 g/mol. The van der Waals surface area contributed by atoms with Gasteiger partial charge in [-0.2, -0.15) is 0 Å². The molecule has 1 aliphatic heterocycles. The molecular formula is C10H13ClN2S. The summed E-state index contributed by atoms with van der Waals surface area (Å²) in [6.07, 6.45) is 4.15. The third-order valence-electron chi connectivity index (χ3n) is 2.19. The lowest BCUT2D eigenvalue weighted by Gasteiger charge is -2.27. The second kappa shape index (κ2) is 5.01. The lowest BCUT2D eigenvalue weighted by molar-refractivity contribution is 0.385. The molecule has 0 radical (unpaired) electrons. The number of aromatic nitrogens is 1. The van der Waals surface area contributed by atoms with Crippen LogP contribution in [0.2, 0.25) is 0 Å². The van der Waals surface area contributed by atoms with E-state index in [1.165, 1.54) is 6.42 Å². The summed E-state index contributed by atoms with van der Waals surface area (Å²) >= 11 is 7.81. The van der Waals surface area contributed by atoms with E-state index >= 15 is 0 Å². The van der Waals surface area contributed by atoms with Crippen LogP contribution in [-0.4, -0.2) is 27.8 Å². The van der Waals surface area contributed by atoms with Crippen molar-refractivity contribution < 1.29 is 0 Å². The Morgan fingerprint density at radius 3 is 3.14 bits per heavy atom. The summed E-state index contributed by atoms with van der Waals surface area (Å²) in [4.78, 5) is 4.28. The SMILES string of the molecule is ClC1CCCN(Sc2ccccn2)C1. The first-order valence-corrected chi connectivity index (χ1v) is 6.03. The van der Waals surface area contributed by atoms with Crippen LogP contribution in [0.15, 0.2) is 29.4 Å². The van der Waals surface area contributed by atoms with E-state index in [2.05, 4.69) is 9.29 Å². The molecule has 0 saturated carbocycles. The smallest absolute Gasteiger partial charge is 0.111 e. The van der Waals surface area contributed by atoms with Gasteiger partial charge in [-0.25, -0.2) is 9.29 Å². The Hall–Kier alpha value is -0.250. The predicted octanol–water partition coefficient (Wildman–Crippen LogP) is 2.79. The molecule has 1 unspecified atom stereocenters. The molecule has 2 rings (SSSR count). The van der Waals surface area contributed by atoms with Crippen molar-refractivity contribution in [3.8, 4) is 0 Å². The third kappa shape index (κ3) is 2.87. The van der Waals surface area contributed by atoms with Gasteiger partial charge in [-0.05, 0) is 36.9 Å². The Bertz CT molecular complexity index is 281. The van der Waals surface area contributed by atoms with Crippen molar-refractivity contribution >= 4 is 23.5 Å². The minimum Gasteiger partial charge on any atom is -0.249 e. The summed E-state index contributed by atoms with van der Waals surface area (Å²) in [6, 6.07) is 5.98. The molecule has 2 nitrogen and oxygen atoms in total. The van der Waals surface area contributed by atoms with E-state index in [4.69, 9.17) is 11.6 Å². The van der Waals surface area contributed by atoms with Gasteiger partial charge >= 0.3 is 0 Å². The van der Waals surface area contributed by atoms with Crippen molar-refractivity contribution in [1.82, 2.24) is 9.29 Å². The highest BCUT2D eigenvalue weighted by molar-refractivity contribution is 7.97. The van der Waals surface area contributed by atoms with E-state index < -0.39 is 0 Å². The number of piperidine rings is 1. The summed E-state index contributed by atoms with van der Waals surface area (Å²) in [5, 5.41) is 1.36. The Morgan fingerprint density at radius 1 is 1.50 bits per heavy atom. The molecule has 0 amide bonds. The van der Waals surface area contributed by atoms with Crippen molar-refractivity contribution in [2.24, 2.45) is 0 Å². The topological polar surface area (TPSA) is 16.1 Å². The van der Waals surface area contributed by atoms with Gasteiger partial charge in [0.25, 0.3) is 0 Å². The van der Waals surface area contributed by atoms with Gasteiger partial charge in [-0.3, -0.25) is 0 Å². The Balaban J connectivity index is 1.91. The first kappa shape index (κ1) is 10.3. The standard InChI is InChI=1S/C10H13ClN2S/c11-9-4-3-7-13(8-9)14-10-5-1-2-6-12-10/h1-2,5-6,9H,3-4,7-8H2. The molecule has 1 fully saturated rings. The van der Waals surface area contributed by atoms with E-state index in [0.717, 1.165) is 24.5 Å². The van der Waals surface area contributed by atoms with E-state index in [1.54, 1.807) is 11.9 Å². The maximum atomic E-state index is 6.10. The largest absolute Gasteiger partial charge is 0.249 e. The van der Waals surface area contributed by atoms with Gasteiger partial charge in [0.1, 0.15) is 5.03 Å². The normalized spacial score (nSPS) is 23.6. The van der Waals surface area contributed by atoms with Crippen molar-refractivity contribution in [3.63, 3.8) is 0 Å². The van der Waals surface area contributed by atoms with Crippen LogP contribution in [0.5, 0.6) is 0 Å². The molecule has 2 heterocycles. The predicted molar refractivity (Wildman–Crippen MR) is 60.5 cm³/mol. The first-order valence-electron chi connectivity index (χ1n) is 4.82. The molecule has 1 aliphatic rings. The second-order valence-electron chi connectivity index (χ2n) is 3.39. The monoisotopic (exact) mass is 228 g/mol. The minimum absolute atomic E-state index is 0.306. The van der Waals surface area contributed by atoms with Gasteiger partial charge < -0.3 is 0 Å². The van der Waals surface area contributed by atoms with Crippen LogP contribution in [0.3, 0.4) is 0 Å². The maximum Gasteiger partial charge on any atom is 0.111 e. The van der Waals surface area contributed by atoms with Crippen LogP contribution in [0.25, 0.3) is 0 Å². The number of halogens is 1. The highest BCUT2D eigenvalue weighted by Crippen LogP contribution is 2.26. The fourth-order valence-corrected chi connectivity index (χ4v) is 2.90. The fourth-order valence-electron chi connectivity index (χ4n) is 1.51. The van der Waals surface area contributed by atoms with Gasteiger partial charge in [0, 0.05) is 24.7 Å². The molecule has 0 bridgehead atoms. The molecule has 1 atom stereocenters. The molecule has 14 heavy (non-hydrogen) atoms. The Labute approximate surface area is 93.8 Å².